The van der Waals surface area contributed by atoms with Crippen molar-refractivity contribution in [1.82, 2.24) is 10.2 Å². The van der Waals surface area contributed by atoms with Gasteiger partial charge in [0.25, 0.3) is 0 Å². The Hall–Kier alpha value is -0.340. The van der Waals surface area contributed by atoms with Crippen LogP contribution in [0.15, 0.2) is 12.7 Å². The first-order valence-corrected chi connectivity index (χ1v) is 6.26. The van der Waals surface area contributed by atoms with Crippen molar-refractivity contribution in [3.8, 4) is 0 Å². The zero-order valence-electron chi connectivity index (χ0n) is 10.3. The molecule has 1 aliphatic rings. The lowest BCUT2D eigenvalue weighted by Gasteiger charge is -2.34. The highest BCUT2D eigenvalue weighted by Crippen LogP contribution is 2.26. The fourth-order valence-electron chi connectivity index (χ4n) is 2.44. The summed E-state index contributed by atoms with van der Waals surface area (Å²) in [5, 5.41) is 3.36. The Morgan fingerprint density at radius 1 is 1.47 bits per heavy atom. The fraction of sp³-hybridized carbons (Fsp3) is 0.846. The molecule has 0 amide bonds. The molecule has 0 aromatic carbocycles. The monoisotopic (exact) mass is 210 g/mol. The van der Waals surface area contributed by atoms with Gasteiger partial charge in [-0.3, -0.25) is 0 Å². The first-order valence-electron chi connectivity index (χ1n) is 6.26. The Balaban J connectivity index is 2.14. The Bertz CT molecular complexity index is 179. The smallest absolute Gasteiger partial charge is 0.0132 e. The third-order valence-corrected chi connectivity index (χ3v) is 3.46. The summed E-state index contributed by atoms with van der Waals surface area (Å²) in [6, 6.07) is 0.819. The number of nitrogens with zero attached hydrogens (tertiary/aromatic N) is 1. The first-order chi connectivity index (χ1) is 7.24. The molecule has 2 atom stereocenters. The van der Waals surface area contributed by atoms with Crippen molar-refractivity contribution in [1.29, 1.82) is 0 Å². The van der Waals surface area contributed by atoms with E-state index in [1.807, 2.05) is 6.08 Å². The van der Waals surface area contributed by atoms with Gasteiger partial charge in [-0.05, 0) is 25.8 Å². The van der Waals surface area contributed by atoms with E-state index in [9.17, 15) is 0 Å². The first kappa shape index (κ1) is 12.7. The minimum Gasteiger partial charge on any atom is -0.312 e. The molecular formula is C13H26N2. The third-order valence-electron chi connectivity index (χ3n) is 3.46. The molecule has 15 heavy (non-hydrogen) atoms. The Morgan fingerprint density at radius 3 is 2.93 bits per heavy atom. The molecule has 1 aliphatic carbocycles. The molecule has 0 aromatic heterocycles. The predicted octanol–water partition coefficient (Wildman–Crippen LogP) is 2.27. The van der Waals surface area contributed by atoms with Gasteiger partial charge in [0.15, 0.2) is 0 Å². The molecule has 0 aromatic rings. The van der Waals surface area contributed by atoms with E-state index in [2.05, 4.69) is 30.8 Å². The highest BCUT2D eigenvalue weighted by Gasteiger charge is 2.21. The van der Waals surface area contributed by atoms with Crippen LogP contribution in [0.2, 0.25) is 0 Å². The van der Waals surface area contributed by atoms with E-state index in [1.165, 1.54) is 25.7 Å². The fourth-order valence-corrected chi connectivity index (χ4v) is 2.44. The van der Waals surface area contributed by atoms with Gasteiger partial charge in [0.2, 0.25) is 0 Å². The molecule has 2 unspecified atom stereocenters. The van der Waals surface area contributed by atoms with Crippen LogP contribution in [0.5, 0.6) is 0 Å². The van der Waals surface area contributed by atoms with E-state index in [-0.39, 0.29) is 0 Å². The van der Waals surface area contributed by atoms with E-state index in [0.29, 0.717) is 0 Å². The molecule has 0 aliphatic heterocycles. The summed E-state index contributed by atoms with van der Waals surface area (Å²) < 4.78 is 0. The molecule has 1 N–H and O–H groups in total. The van der Waals surface area contributed by atoms with Crippen LogP contribution in [-0.4, -0.2) is 37.6 Å². The summed E-state index contributed by atoms with van der Waals surface area (Å²) in [5.74, 6) is 0.923. The van der Waals surface area contributed by atoms with Crippen molar-refractivity contribution in [2.75, 3.05) is 26.7 Å². The normalized spacial score (nSPS) is 26.9. The second-order valence-electron chi connectivity index (χ2n) is 4.90. The van der Waals surface area contributed by atoms with E-state index in [1.54, 1.807) is 0 Å². The minimum absolute atomic E-state index is 0.819. The summed E-state index contributed by atoms with van der Waals surface area (Å²) in [5.41, 5.74) is 0. The molecule has 0 heterocycles. The van der Waals surface area contributed by atoms with Crippen molar-refractivity contribution in [2.45, 2.75) is 38.6 Å². The summed E-state index contributed by atoms with van der Waals surface area (Å²) in [6.45, 7) is 9.25. The number of hydrogen-bond donors (Lipinski definition) is 1. The number of rotatable bonds is 6. The molecule has 1 rings (SSSR count). The summed E-state index contributed by atoms with van der Waals surface area (Å²) >= 11 is 0. The van der Waals surface area contributed by atoms with Gasteiger partial charge in [0, 0.05) is 25.7 Å². The van der Waals surface area contributed by atoms with Crippen LogP contribution < -0.4 is 5.32 Å². The van der Waals surface area contributed by atoms with Gasteiger partial charge < -0.3 is 10.2 Å². The van der Waals surface area contributed by atoms with Gasteiger partial charge in [-0.1, -0.05) is 25.8 Å². The van der Waals surface area contributed by atoms with Crippen LogP contribution in [0.3, 0.4) is 0 Å². The lowest BCUT2D eigenvalue weighted by molar-refractivity contribution is 0.165. The van der Waals surface area contributed by atoms with Crippen molar-refractivity contribution in [3.63, 3.8) is 0 Å². The Kier molecular flexibility index (Phi) is 5.96. The summed E-state index contributed by atoms with van der Waals surface area (Å²) in [6.07, 6.45) is 7.54. The topological polar surface area (TPSA) is 15.3 Å². The second-order valence-corrected chi connectivity index (χ2v) is 4.90. The lowest BCUT2D eigenvalue weighted by atomic mass is 9.86. The average molecular weight is 210 g/mol. The molecule has 0 spiro atoms. The van der Waals surface area contributed by atoms with Crippen LogP contribution in [0.25, 0.3) is 0 Å². The summed E-state index contributed by atoms with van der Waals surface area (Å²) in [7, 11) is 2.26. The largest absolute Gasteiger partial charge is 0.312 e. The van der Waals surface area contributed by atoms with Crippen LogP contribution >= 0.6 is 0 Å². The number of hydrogen-bond acceptors (Lipinski definition) is 2. The van der Waals surface area contributed by atoms with E-state index in [4.69, 9.17) is 0 Å². The Morgan fingerprint density at radius 2 is 2.27 bits per heavy atom. The van der Waals surface area contributed by atoms with Gasteiger partial charge in [0.1, 0.15) is 0 Å². The van der Waals surface area contributed by atoms with E-state index in [0.717, 1.165) is 31.6 Å². The van der Waals surface area contributed by atoms with Crippen LogP contribution in [0.1, 0.15) is 32.6 Å². The maximum Gasteiger partial charge on any atom is 0.0132 e. The van der Waals surface area contributed by atoms with Gasteiger partial charge in [-0.2, -0.15) is 0 Å². The average Bonchev–Trinajstić information content (AvgIpc) is 2.24. The van der Waals surface area contributed by atoms with Gasteiger partial charge in [-0.25, -0.2) is 0 Å². The zero-order valence-corrected chi connectivity index (χ0v) is 10.3. The Labute approximate surface area is 94.7 Å². The molecule has 1 fully saturated rings. The molecule has 0 saturated heterocycles. The highest BCUT2D eigenvalue weighted by molar-refractivity contribution is 4.78. The lowest BCUT2D eigenvalue weighted by Crippen LogP contribution is -2.39. The predicted molar refractivity (Wildman–Crippen MR) is 67.1 cm³/mol. The summed E-state index contributed by atoms with van der Waals surface area (Å²) in [4.78, 5) is 2.52. The zero-order chi connectivity index (χ0) is 11.1. The van der Waals surface area contributed by atoms with Gasteiger partial charge in [0.05, 0.1) is 0 Å². The minimum atomic E-state index is 0.819. The molecular weight excluding hydrogens is 184 g/mol. The molecule has 2 nitrogen and oxygen atoms in total. The second kappa shape index (κ2) is 7.02. The van der Waals surface area contributed by atoms with E-state index < -0.39 is 0 Å². The quantitative estimate of drug-likeness (QED) is 0.534. The molecule has 1 saturated carbocycles. The maximum absolute atomic E-state index is 3.70. The number of likely N-dealkylation sites (N-methyl/N-ethyl adjacent to an activating group) is 1. The molecule has 2 heteroatoms. The van der Waals surface area contributed by atoms with Crippen molar-refractivity contribution in [3.05, 3.63) is 12.7 Å². The molecule has 0 bridgehead atoms. The van der Waals surface area contributed by atoms with Crippen molar-refractivity contribution < 1.29 is 0 Å². The SMILES string of the molecule is C=CCNCCN(C)C1CCCC(C)C1. The molecule has 0 radical (unpaired) electrons. The standard InChI is InChI=1S/C13H26N2/c1-4-8-14-9-10-15(3)13-7-5-6-12(2)11-13/h4,12-14H,1,5-11H2,2-3H3. The van der Waals surface area contributed by atoms with Crippen molar-refractivity contribution >= 4 is 0 Å². The third kappa shape index (κ3) is 4.80. The van der Waals surface area contributed by atoms with Crippen LogP contribution in [0, 0.1) is 5.92 Å². The van der Waals surface area contributed by atoms with Crippen LogP contribution in [0.4, 0.5) is 0 Å². The van der Waals surface area contributed by atoms with Crippen LogP contribution in [-0.2, 0) is 0 Å². The van der Waals surface area contributed by atoms with Gasteiger partial charge >= 0.3 is 0 Å². The van der Waals surface area contributed by atoms with Gasteiger partial charge in [-0.15, -0.1) is 6.58 Å². The van der Waals surface area contributed by atoms with E-state index >= 15 is 0 Å². The number of nitrogens with one attached hydrogen (secondary N) is 1. The maximum atomic E-state index is 3.70. The highest BCUT2D eigenvalue weighted by atomic mass is 15.1. The molecule has 88 valence electrons. The van der Waals surface area contributed by atoms with Crippen molar-refractivity contribution in [2.24, 2.45) is 5.92 Å².